The molecule has 0 bridgehead atoms. The maximum absolute atomic E-state index is 5.45. The molecule has 0 aliphatic rings. The van der Waals surface area contributed by atoms with Gasteiger partial charge in [-0.1, -0.05) is 24.9 Å². The Morgan fingerprint density at radius 3 is 2.75 bits per heavy atom. The number of hydrogen-bond acceptors (Lipinski definition) is 3. The second-order valence-electron chi connectivity index (χ2n) is 2.57. The highest BCUT2D eigenvalue weighted by atomic mass is 32.2. The average Bonchev–Trinajstić information content (AvgIpc) is 2.10. The molecule has 0 aliphatic carbocycles. The predicted octanol–water partition coefficient (Wildman–Crippen LogP) is 1.88. The van der Waals surface area contributed by atoms with E-state index in [4.69, 9.17) is 5.73 Å². The molecule has 0 aromatic rings. The molecule has 72 valence electrons. The molecule has 0 aromatic carbocycles. The van der Waals surface area contributed by atoms with Gasteiger partial charge in [0.2, 0.25) is 0 Å². The SMILES string of the molecule is C=CCCN(CCCN)SCC. The Morgan fingerprint density at radius 1 is 1.50 bits per heavy atom. The van der Waals surface area contributed by atoms with Gasteiger partial charge in [0.25, 0.3) is 0 Å². The molecule has 0 radical (unpaired) electrons. The van der Waals surface area contributed by atoms with E-state index in [1.165, 1.54) is 0 Å². The summed E-state index contributed by atoms with van der Waals surface area (Å²) in [5.74, 6) is 1.14. The molecule has 0 unspecified atom stereocenters. The molecule has 3 heteroatoms. The molecule has 0 aromatic heterocycles. The predicted molar refractivity (Wildman–Crippen MR) is 58.2 cm³/mol. The summed E-state index contributed by atoms with van der Waals surface area (Å²) in [6.07, 6.45) is 4.12. The first-order valence-electron chi connectivity index (χ1n) is 4.54. The lowest BCUT2D eigenvalue weighted by atomic mass is 10.4. The highest BCUT2D eigenvalue weighted by molar-refractivity contribution is 7.96. The summed E-state index contributed by atoms with van der Waals surface area (Å²) < 4.78 is 2.37. The number of nitrogens with two attached hydrogens (primary N) is 1. The Labute approximate surface area is 80.3 Å². The summed E-state index contributed by atoms with van der Waals surface area (Å²) in [6, 6.07) is 0. The van der Waals surface area contributed by atoms with Crippen LogP contribution >= 0.6 is 11.9 Å². The fraction of sp³-hybridized carbons (Fsp3) is 0.778. The monoisotopic (exact) mass is 188 g/mol. The van der Waals surface area contributed by atoms with Crippen molar-refractivity contribution >= 4 is 11.9 Å². The lowest BCUT2D eigenvalue weighted by molar-refractivity contribution is 0.470. The molecule has 0 heterocycles. The Balaban J connectivity index is 3.46. The minimum atomic E-state index is 0.787. The van der Waals surface area contributed by atoms with Gasteiger partial charge in [-0.25, -0.2) is 0 Å². The molecule has 2 N–H and O–H groups in total. The largest absolute Gasteiger partial charge is 0.330 e. The first-order valence-corrected chi connectivity index (χ1v) is 5.48. The molecular formula is C9H20N2S. The van der Waals surface area contributed by atoms with Gasteiger partial charge < -0.3 is 5.73 Å². The highest BCUT2D eigenvalue weighted by Gasteiger charge is 2.01. The van der Waals surface area contributed by atoms with Gasteiger partial charge in [-0.15, -0.1) is 6.58 Å². The van der Waals surface area contributed by atoms with Crippen molar-refractivity contribution in [2.75, 3.05) is 25.4 Å². The summed E-state index contributed by atoms with van der Waals surface area (Å²) in [7, 11) is 0. The maximum atomic E-state index is 5.45. The van der Waals surface area contributed by atoms with Crippen LogP contribution in [0.3, 0.4) is 0 Å². The quantitative estimate of drug-likeness (QED) is 0.466. The lowest BCUT2D eigenvalue weighted by Gasteiger charge is -2.18. The number of nitrogens with zero attached hydrogens (tertiary/aromatic N) is 1. The van der Waals surface area contributed by atoms with E-state index in [0.29, 0.717) is 0 Å². The second kappa shape index (κ2) is 9.10. The van der Waals surface area contributed by atoms with Crippen LogP contribution in [-0.4, -0.2) is 29.7 Å². The second-order valence-corrected chi connectivity index (χ2v) is 3.92. The summed E-state index contributed by atoms with van der Waals surface area (Å²) in [6.45, 7) is 8.87. The molecular weight excluding hydrogens is 168 g/mol. The normalized spacial score (nSPS) is 10.6. The molecule has 0 spiro atoms. The molecule has 0 atom stereocenters. The Morgan fingerprint density at radius 2 is 2.25 bits per heavy atom. The van der Waals surface area contributed by atoms with Crippen LogP contribution in [-0.2, 0) is 0 Å². The molecule has 12 heavy (non-hydrogen) atoms. The Hall–Kier alpha value is 0.0100. The molecule has 2 nitrogen and oxygen atoms in total. The van der Waals surface area contributed by atoms with Gasteiger partial charge in [-0.3, -0.25) is 4.31 Å². The smallest absolute Gasteiger partial charge is 0.0124 e. The third-order valence-electron chi connectivity index (χ3n) is 1.51. The number of rotatable bonds is 8. The van der Waals surface area contributed by atoms with E-state index in [1.807, 2.05) is 18.0 Å². The van der Waals surface area contributed by atoms with E-state index in [0.717, 1.165) is 38.2 Å². The standard InChI is InChI=1S/C9H20N2S/c1-3-5-8-11(12-4-2)9-6-7-10/h3H,1,4-10H2,2H3. The number of hydrogen-bond donors (Lipinski definition) is 1. The highest BCUT2D eigenvalue weighted by Crippen LogP contribution is 2.09. The van der Waals surface area contributed by atoms with Crippen LogP contribution in [0.15, 0.2) is 12.7 Å². The topological polar surface area (TPSA) is 29.3 Å². The van der Waals surface area contributed by atoms with Crippen molar-refractivity contribution in [3.05, 3.63) is 12.7 Å². The first-order chi connectivity index (χ1) is 5.85. The van der Waals surface area contributed by atoms with Crippen LogP contribution in [0.1, 0.15) is 19.8 Å². The van der Waals surface area contributed by atoms with Crippen LogP contribution in [0, 0.1) is 0 Å². The van der Waals surface area contributed by atoms with E-state index in [9.17, 15) is 0 Å². The fourth-order valence-electron chi connectivity index (χ4n) is 0.926. The van der Waals surface area contributed by atoms with Crippen LogP contribution in [0.25, 0.3) is 0 Å². The summed E-state index contributed by atoms with van der Waals surface area (Å²) in [4.78, 5) is 0. The van der Waals surface area contributed by atoms with Crippen LogP contribution in [0.4, 0.5) is 0 Å². The van der Waals surface area contributed by atoms with E-state index >= 15 is 0 Å². The molecule has 0 saturated heterocycles. The third kappa shape index (κ3) is 6.70. The van der Waals surface area contributed by atoms with Crippen molar-refractivity contribution in [3.8, 4) is 0 Å². The van der Waals surface area contributed by atoms with Crippen molar-refractivity contribution < 1.29 is 0 Å². The maximum Gasteiger partial charge on any atom is 0.0124 e. The van der Waals surface area contributed by atoms with Crippen molar-refractivity contribution in [1.82, 2.24) is 4.31 Å². The summed E-state index contributed by atoms with van der Waals surface area (Å²) >= 11 is 1.89. The molecule has 0 fully saturated rings. The Bertz CT molecular complexity index is 107. The van der Waals surface area contributed by atoms with Crippen molar-refractivity contribution in [1.29, 1.82) is 0 Å². The van der Waals surface area contributed by atoms with E-state index in [-0.39, 0.29) is 0 Å². The molecule has 0 aliphatic heterocycles. The minimum Gasteiger partial charge on any atom is -0.330 e. The minimum absolute atomic E-state index is 0.787. The van der Waals surface area contributed by atoms with Gasteiger partial charge >= 0.3 is 0 Å². The van der Waals surface area contributed by atoms with Crippen molar-refractivity contribution in [2.45, 2.75) is 19.8 Å². The van der Waals surface area contributed by atoms with Crippen LogP contribution < -0.4 is 5.73 Å². The zero-order chi connectivity index (χ0) is 9.23. The molecule has 0 rings (SSSR count). The molecule has 0 amide bonds. The van der Waals surface area contributed by atoms with Crippen molar-refractivity contribution in [2.24, 2.45) is 5.73 Å². The van der Waals surface area contributed by atoms with Gasteiger partial charge in [0, 0.05) is 18.8 Å². The lowest BCUT2D eigenvalue weighted by Crippen LogP contribution is -2.20. The van der Waals surface area contributed by atoms with E-state index in [1.54, 1.807) is 0 Å². The van der Waals surface area contributed by atoms with Crippen molar-refractivity contribution in [3.63, 3.8) is 0 Å². The van der Waals surface area contributed by atoms with Crippen LogP contribution in [0.2, 0.25) is 0 Å². The molecule has 0 saturated carbocycles. The van der Waals surface area contributed by atoms with Gasteiger partial charge in [-0.05, 0) is 19.4 Å². The summed E-state index contributed by atoms with van der Waals surface area (Å²) in [5.41, 5.74) is 5.45. The van der Waals surface area contributed by atoms with Gasteiger partial charge in [0.1, 0.15) is 0 Å². The van der Waals surface area contributed by atoms with Crippen LogP contribution in [0.5, 0.6) is 0 Å². The third-order valence-corrected chi connectivity index (χ3v) is 2.49. The van der Waals surface area contributed by atoms with Gasteiger partial charge in [-0.2, -0.15) is 0 Å². The van der Waals surface area contributed by atoms with Gasteiger partial charge in [0.15, 0.2) is 0 Å². The zero-order valence-corrected chi connectivity index (χ0v) is 8.78. The van der Waals surface area contributed by atoms with Gasteiger partial charge in [0.05, 0.1) is 0 Å². The van der Waals surface area contributed by atoms with E-state index in [2.05, 4.69) is 17.8 Å². The summed E-state index contributed by atoms with van der Waals surface area (Å²) in [5, 5.41) is 0. The van der Waals surface area contributed by atoms with E-state index < -0.39 is 0 Å². The average molecular weight is 188 g/mol. The zero-order valence-electron chi connectivity index (χ0n) is 7.96. The first kappa shape index (κ1) is 12.0. The Kier molecular flexibility index (Phi) is 9.11. The fourth-order valence-corrected chi connectivity index (χ4v) is 1.78.